The van der Waals surface area contributed by atoms with Crippen LogP contribution in [-0.4, -0.2) is 12.3 Å². The molecule has 0 saturated heterocycles. The van der Waals surface area contributed by atoms with Gasteiger partial charge in [-0.1, -0.05) is 45.9 Å². The summed E-state index contributed by atoms with van der Waals surface area (Å²) >= 11 is 0. The van der Waals surface area contributed by atoms with E-state index < -0.39 is 29.4 Å². The lowest BCUT2D eigenvalue weighted by Gasteiger charge is -2.28. The second kappa shape index (κ2) is 12.5. The summed E-state index contributed by atoms with van der Waals surface area (Å²) < 4.78 is 79.3. The van der Waals surface area contributed by atoms with Crippen molar-refractivity contribution in [3.8, 4) is 11.1 Å². The molecule has 0 spiro atoms. The van der Waals surface area contributed by atoms with Gasteiger partial charge in [0.05, 0.1) is 11.1 Å². The second-order valence-electron chi connectivity index (χ2n) is 11.1. The predicted molar refractivity (Wildman–Crippen MR) is 148 cm³/mol. The number of ketones is 1. The molecule has 0 aromatic heterocycles. The van der Waals surface area contributed by atoms with Crippen LogP contribution in [0, 0.1) is 11.8 Å². The van der Waals surface area contributed by atoms with Crippen molar-refractivity contribution in [3.05, 3.63) is 83.4 Å². The second-order valence-corrected chi connectivity index (χ2v) is 11.1. The fourth-order valence-electron chi connectivity index (χ4n) is 4.64. The third-order valence-electron chi connectivity index (χ3n) is 6.83. The first-order valence-electron chi connectivity index (χ1n) is 13.3. The summed E-state index contributed by atoms with van der Waals surface area (Å²) in [5.74, 6) is 0.0413. The van der Waals surface area contributed by atoms with Crippen LogP contribution in [-0.2, 0) is 17.1 Å². The molecule has 0 saturated carbocycles. The summed E-state index contributed by atoms with van der Waals surface area (Å²) in [6.07, 6.45) is -7.62. The van der Waals surface area contributed by atoms with Crippen LogP contribution >= 0.6 is 0 Å². The van der Waals surface area contributed by atoms with Gasteiger partial charge in [0.2, 0.25) is 0 Å². The molecule has 3 aromatic carbocycles. The van der Waals surface area contributed by atoms with E-state index in [0.717, 1.165) is 36.2 Å². The minimum absolute atomic E-state index is 0.0347. The van der Waals surface area contributed by atoms with Gasteiger partial charge in [-0.25, -0.2) is 0 Å². The molecule has 0 N–H and O–H groups in total. The first-order valence-corrected chi connectivity index (χ1v) is 13.3. The first kappa shape index (κ1) is 31.2. The lowest BCUT2D eigenvalue weighted by atomic mass is 9.85. The fourth-order valence-corrected chi connectivity index (χ4v) is 4.64. The number of halogens is 6. The van der Waals surface area contributed by atoms with Gasteiger partial charge in [0.1, 0.15) is 5.78 Å². The van der Waals surface area contributed by atoms with Crippen molar-refractivity contribution in [1.82, 2.24) is 0 Å². The molecule has 216 valence electrons. The summed E-state index contributed by atoms with van der Waals surface area (Å²) in [7, 11) is 0. The number of hydrogen-bond donors (Lipinski definition) is 0. The largest absolute Gasteiger partial charge is 0.416 e. The standard InChI is InChI=1S/C32H35F6NO/c1-20(2)14-15-39(28-12-10-27(11-13-28)32(36,37)38)29-18-24(23-6-8-26(9-7-23)31(33,34)35)17-25(19-29)30(22(5)40)16-21(3)4/h6-13,17-21,30H,14-16H2,1-5H3. The maximum Gasteiger partial charge on any atom is 0.416 e. The molecule has 3 rings (SSSR count). The number of benzene rings is 3. The summed E-state index contributed by atoms with van der Waals surface area (Å²) in [4.78, 5) is 14.6. The van der Waals surface area contributed by atoms with Crippen molar-refractivity contribution >= 4 is 17.2 Å². The quantitative estimate of drug-likeness (QED) is 0.229. The third kappa shape index (κ3) is 8.12. The number of carbonyl (C=O) groups is 1. The molecule has 0 aliphatic rings. The Morgan fingerprint density at radius 1 is 0.700 bits per heavy atom. The van der Waals surface area contributed by atoms with Crippen molar-refractivity contribution in [2.75, 3.05) is 11.4 Å². The number of nitrogens with zero attached hydrogens (tertiary/aromatic N) is 1. The van der Waals surface area contributed by atoms with E-state index in [1.807, 2.05) is 50.8 Å². The molecule has 40 heavy (non-hydrogen) atoms. The maximum absolute atomic E-state index is 13.2. The summed E-state index contributed by atoms with van der Waals surface area (Å²) in [5, 5.41) is 0. The molecule has 0 amide bonds. The number of rotatable bonds is 10. The van der Waals surface area contributed by atoms with Gasteiger partial charge >= 0.3 is 12.4 Å². The number of Topliss-reactive ketones (excluding diaryl/α,β-unsaturated/α-hetero) is 1. The van der Waals surface area contributed by atoms with E-state index in [9.17, 15) is 31.1 Å². The topological polar surface area (TPSA) is 20.3 Å². The Morgan fingerprint density at radius 2 is 1.23 bits per heavy atom. The van der Waals surface area contributed by atoms with Crippen molar-refractivity contribution in [3.63, 3.8) is 0 Å². The van der Waals surface area contributed by atoms with Gasteiger partial charge in [-0.15, -0.1) is 0 Å². The van der Waals surface area contributed by atoms with Crippen molar-refractivity contribution in [2.24, 2.45) is 11.8 Å². The van der Waals surface area contributed by atoms with Gasteiger partial charge < -0.3 is 4.90 Å². The highest BCUT2D eigenvalue weighted by Gasteiger charge is 2.31. The number of carbonyl (C=O) groups excluding carboxylic acids is 1. The van der Waals surface area contributed by atoms with E-state index in [4.69, 9.17) is 0 Å². The SMILES string of the molecule is CC(=O)C(CC(C)C)c1cc(-c2ccc(C(F)(F)F)cc2)cc(N(CCC(C)C)c2ccc(C(F)(F)F)cc2)c1. The molecule has 0 aliphatic carbocycles. The van der Waals surface area contributed by atoms with Gasteiger partial charge in [-0.3, -0.25) is 4.79 Å². The highest BCUT2D eigenvalue weighted by Crippen LogP contribution is 2.38. The highest BCUT2D eigenvalue weighted by atomic mass is 19.4. The molecule has 3 aromatic rings. The van der Waals surface area contributed by atoms with E-state index >= 15 is 0 Å². The van der Waals surface area contributed by atoms with Crippen LogP contribution in [0.25, 0.3) is 11.1 Å². The van der Waals surface area contributed by atoms with Crippen LogP contribution in [0.5, 0.6) is 0 Å². The molecule has 0 heterocycles. The Hall–Kier alpha value is -3.29. The van der Waals surface area contributed by atoms with Crippen molar-refractivity contribution in [1.29, 1.82) is 0 Å². The first-order chi connectivity index (χ1) is 18.6. The lowest BCUT2D eigenvalue weighted by Crippen LogP contribution is -2.21. The zero-order valence-corrected chi connectivity index (χ0v) is 23.3. The van der Waals surface area contributed by atoms with Gasteiger partial charge in [-0.2, -0.15) is 26.3 Å². The average molecular weight is 564 g/mol. The van der Waals surface area contributed by atoms with E-state index in [2.05, 4.69) is 0 Å². The fraction of sp³-hybridized carbons (Fsp3) is 0.406. The van der Waals surface area contributed by atoms with Gasteiger partial charge in [0.25, 0.3) is 0 Å². The Bertz CT molecular complexity index is 1270. The molecule has 0 radical (unpaired) electrons. The van der Waals surface area contributed by atoms with Crippen LogP contribution < -0.4 is 4.90 Å². The molecule has 0 aliphatic heterocycles. The highest BCUT2D eigenvalue weighted by molar-refractivity contribution is 5.85. The summed E-state index contributed by atoms with van der Waals surface area (Å²) in [5.41, 5.74) is 1.56. The Labute approximate surface area is 232 Å². The predicted octanol–water partition coefficient (Wildman–Crippen LogP) is 10.3. The molecular formula is C32H35F6NO. The van der Waals surface area contributed by atoms with Crippen LogP contribution in [0.15, 0.2) is 66.7 Å². The monoisotopic (exact) mass is 563 g/mol. The van der Waals surface area contributed by atoms with Crippen molar-refractivity contribution < 1.29 is 31.1 Å². The van der Waals surface area contributed by atoms with E-state index in [0.29, 0.717) is 41.4 Å². The normalized spacial score (nSPS) is 13.1. The van der Waals surface area contributed by atoms with Crippen LogP contribution in [0.3, 0.4) is 0 Å². The van der Waals surface area contributed by atoms with Gasteiger partial charge in [0.15, 0.2) is 0 Å². The number of hydrogen-bond acceptors (Lipinski definition) is 2. The molecule has 0 fully saturated rings. The Kier molecular flexibility index (Phi) is 9.75. The Morgan fingerprint density at radius 3 is 1.68 bits per heavy atom. The van der Waals surface area contributed by atoms with Crippen LogP contribution in [0.2, 0.25) is 0 Å². The zero-order valence-electron chi connectivity index (χ0n) is 23.3. The van der Waals surface area contributed by atoms with E-state index in [-0.39, 0.29) is 11.7 Å². The minimum atomic E-state index is -4.47. The molecule has 1 atom stereocenters. The molecule has 0 bridgehead atoms. The average Bonchev–Trinajstić information content (AvgIpc) is 2.86. The van der Waals surface area contributed by atoms with Crippen LogP contribution in [0.1, 0.15) is 70.1 Å². The summed E-state index contributed by atoms with van der Waals surface area (Å²) in [6.45, 7) is 10.1. The van der Waals surface area contributed by atoms with E-state index in [1.54, 1.807) is 0 Å². The number of alkyl halides is 6. The molecular weight excluding hydrogens is 528 g/mol. The van der Waals surface area contributed by atoms with Gasteiger partial charge in [-0.05, 0) is 96.8 Å². The Balaban J connectivity index is 2.20. The number of anilines is 2. The summed E-state index contributed by atoms with van der Waals surface area (Å²) in [6, 6.07) is 15.3. The van der Waals surface area contributed by atoms with Crippen molar-refractivity contribution in [2.45, 2.75) is 65.7 Å². The van der Waals surface area contributed by atoms with Crippen LogP contribution in [0.4, 0.5) is 37.7 Å². The van der Waals surface area contributed by atoms with Gasteiger partial charge in [0, 0.05) is 23.8 Å². The minimum Gasteiger partial charge on any atom is -0.341 e. The van der Waals surface area contributed by atoms with E-state index in [1.165, 1.54) is 31.2 Å². The smallest absolute Gasteiger partial charge is 0.341 e. The molecule has 1 unspecified atom stereocenters. The molecule has 8 heteroatoms. The lowest BCUT2D eigenvalue weighted by molar-refractivity contribution is -0.138. The molecule has 2 nitrogen and oxygen atoms in total. The maximum atomic E-state index is 13.2. The third-order valence-corrected chi connectivity index (χ3v) is 6.83. The zero-order chi connectivity index (χ0) is 29.8.